The molecule has 1 saturated carbocycles. The molecule has 4 unspecified atom stereocenters. The molecule has 0 amide bonds. The Hall–Kier alpha value is -1.26. The third-order valence-electron chi connectivity index (χ3n) is 8.87. The fourth-order valence-corrected chi connectivity index (χ4v) is 6.86. The number of methoxy groups -OCH3 is 1. The molecule has 2 aliphatic rings. The van der Waals surface area contributed by atoms with Crippen LogP contribution in [0.3, 0.4) is 0 Å². The highest BCUT2D eigenvalue weighted by molar-refractivity contribution is 5.85. The molecule has 0 aliphatic heterocycles. The second-order valence-electron chi connectivity index (χ2n) is 11.4. The van der Waals surface area contributed by atoms with Gasteiger partial charge in [0.1, 0.15) is 5.75 Å². The van der Waals surface area contributed by atoms with Crippen molar-refractivity contribution in [2.75, 3.05) is 20.2 Å². The van der Waals surface area contributed by atoms with Crippen LogP contribution in [0.2, 0.25) is 0 Å². The van der Waals surface area contributed by atoms with Gasteiger partial charge in [0.15, 0.2) is 0 Å². The second kappa shape index (κ2) is 12.3. The summed E-state index contributed by atoms with van der Waals surface area (Å²) < 4.78 is 5.26. The first-order valence-corrected chi connectivity index (χ1v) is 13.0. The molecule has 2 aliphatic carbocycles. The lowest BCUT2D eigenvalue weighted by Gasteiger charge is -2.55. The lowest BCUT2D eigenvalue weighted by molar-refractivity contribution is 0.0259. The molecule has 4 atom stereocenters. The summed E-state index contributed by atoms with van der Waals surface area (Å²) in [5.74, 6) is 2.22. The Morgan fingerprint density at radius 1 is 1.03 bits per heavy atom. The highest BCUT2D eigenvalue weighted by atomic mass is 35.5. The first-order chi connectivity index (χ1) is 15.8. The van der Waals surface area contributed by atoms with Crippen LogP contribution < -0.4 is 15.8 Å². The van der Waals surface area contributed by atoms with Gasteiger partial charge in [0.05, 0.1) is 7.11 Å². The predicted molar refractivity (Wildman–Crippen MR) is 154 cm³/mol. The van der Waals surface area contributed by atoms with Gasteiger partial charge in [-0.3, -0.25) is 0 Å². The van der Waals surface area contributed by atoms with E-state index in [0.717, 1.165) is 31.2 Å². The number of benzene rings is 2. The van der Waals surface area contributed by atoms with Crippen molar-refractivity contribution in [3.8, 4) is 5.75 Å². The molecule has 0 aromatic heterocycles. The largest absolute Gasteiger partial charge is 0.497 e. The van der Waals surface area contributed by atoms with Gasteiger partial charge in [-0.1, -0.05) is 64.4 Å². The smallest absolute Gasteiger partial charge is 0.118 e. The fourth-order valence-electron chi connectivity index (χ4n) is 6.86. The molecule has 1 fully saturated rings. The summed E-state index contributed by atoms with van der Waals surface area (Å²) >= 11 is 0. The Kier molecular flexibility index (Phi) is 10.5. The van der Waals surface area contributed by atoms with Crippen molar-refractivity contribution in [3.05, 3.63) is 64.7 Å². The average Bonchev–Trinajstić information content (AvgIpc) is 2.81. The summed E-state index contributed by atoms with van der Waals surface area (Å²) in [4.78, 5) is 0. The van der Waals surface area contributed by atoms with E-state index in [2.05, 4.69) is 63.3 Å². The molecule has 0 heterocycles. The van der Waals surface area contributed by atoms with Gasteiger partial charge in [-0.15, -0.1) is 24.8 Å². The first-order valence-electron chi connectivity index (χ1n) is 13.0. The van der Waals surface area contributed by atoms with Gasteiger partial charge in [0.25, 0.3) is 0 Å². The van der Waals surface area contributed by atoms with E-state index < -0.39 is 0 Å². The molecule has 2 aromatic rings. The maximum Gasteiger partial charge on any atom is 0.118 e. The molecule has 4 rings (SSSR count). The zero-order valence-electron chi connectivity index (χ0n) is 22.2. The monoisotopic (exact) mass is 520 g/mol. The van der Waals surface area contributed by atoms with Gasteiger partial charge in [0.2, 0.25) is 0 Å². The first kappa shape index (κ1) is 30.0. The third kappa shape index (κ3) is 6.18. The molecular formula is C30H46Cl2N2O. The van der Waals surface area contributed by atoms with E-state index in [4.69, 9.17) is 10.5 Å². The molecule has 3 nitrogen and oxygen atoms in total. The number of nitrogens with two attached hydrogens (primary N) is 1. The summed E-state index contributed by atoms with van der Waals surface area (Å²) in [6, 6.07) is 15.6. The quantitative estimate of drug-likeness (QED) is 0.357. The molecule has 0 bridgehead atoms. The highest BCUT2D eigenvalue weighted by Crippen LogP contribution is 2.57. The zero-order chi connectivity index (χ0) is 23.6. The van der Waals surface area contributed by atoms with Crippen LogP contribution in [0.5, 0.6) is 5.75 Å². The van der Waals surface area contributed by atoms with Crippen LogP contribution in [0.4, 0.5) is 0 Å². The molecule has 0 saturated heterocycles. The van der Waals surface area contributed by atoms with E-state index >= 15 is 0 Å². The van der Waals surface area contributed by atoms with Gasteiger partial charge in [-0.25, -0.2) is 0 Å². The van der Waals surface area contributed by atoms with E-state index in [0.29, 0.717) is 16.7 Å². The zero-order valence-corrected chi connectivity index (χ0v) is 23.9. The Bertz CT molecular complexity index is 948. The molecule has 0 spiro atoms. The molecular weight excluding hydrogens is 475 g/mol. The Balaban J connectivity index is 0.00000216. The summed E-state index contributed by atoms with van der Waals surface area (Å²) in [5, 5.41) is 3.81. The summed E-state index contributed by atoms with van der Waals surface area (Å²) in [5.41, 5.74) is 13.0. The average molecular weight is 522 g/mol. The van der Waals surface area contributed by atoms with Gasteiger partial charge < -0.3 is 15.8 Å². The van der Waals surface area contributed by atoms with E-state index in [1.807, 2.05) is 12.1 Å². The number of hydrogen-bond donors (Lipinski definition) is 2. The van der Waals surface area contributed by atoms with Crippen LogP contribution in [0.25, 0.3) is 0 Å². The van der Waals surface area contributed by atoms with Gasteiger partial charge >= 0.3 is 0 Å². The topological polar surface area (TPSA) is 47.3 Å². The predicted octanol–water partition coefficient (Wildman–Crippen LogP) is 7.35. The maximum atomic E-state index is 6.47. The van der Waals surface area contributed by atoms with Crippen molar-refractivity contribution in [3.63, 3.8) is 0 Å². The van der Waals surface area contributed by atoms with Crippen LogP contribution in [-0.4, -0.2) is 20.2 Å². The van der Waals surface area contributed by atoms with Crippen LogP contribution in [0.1, 0.15) is 94.0 Å². The van der Waals surface area contributed by atoms with Crippen LogP contribution >= 0.6 is 24.8 Å². The Morgan fingerprint density at radius 3 is 2.37 bits per heavy atom. The summed E-state index contributed by atoms with van der Waals surface area (Å²) in [7, 11) is 1.70. The Morgan fingerprint density at radius 2 is 1.71 bits per heavy atom. The van der Waals surface area contributed by atoms with Crippen molar-refractivity contribution in [1.82, 2.24) is 5.32 Å². The van der Waals surface area contributed by atoms with E-state index in [-0.39, 0.29) is 30.9 Å². The van der Waals surface area contributed by atoms with Crippen molar-refractivity contribution in [1.29, 1.82) is 0 Å². The summed E-state index contributed by atoms with van der Waals surface area (Å²) in [6.45, 7) is 11.8. The van der Waals surface area contributed by atoms with Crippen molar-refractivity contribution in [2.24, 2.45) is 17.1 Å². The minimum absolute atomic E-state index is 0. The molecule has 35 heavy (non-hydrogen) atoms. The standard InChI is InChI=1S/C30H44N2O.2ClH/c1-21(2)23-9-13-26-24(19-23)10-14-28-29(3,16-6-17-30(26,28)4)20-32-18-15-27(31)22-7-11-25(33-5)12-8-22;;/h7-9,11-13,19,21,27-28,32H,6,10,14-18,20,31H2,1-5H3;2*1H. The van der Waals surface area contributed by atoms with Crippen LogP contribution in [0.15, 0.2) is 42.5 Å². The fraction of sp³-hybridized carbons (Fsp3) is 0.600. The number of nitrogens with one attached hydrogen (secondary N) is 1. The van der Waals surface area contributed by atoms with Crippen LogP contribution in [0, 0.1) is 11.3 Å². The SMILES string of the molecule is COc1ccc(C(N)CCNCC2(C)CCCC3(C)c4ccc(C(C)C)cc4CCC23)cc1.Cl.Cl. The van der Waals surface area contributed by atoms with Crippen molar-refractivity contribution in [2.45, 2.75) is 83.6 Å². The van der Waals surface area contributed by atoms with E-state index in [1.165, 1.54) is 43.2 Å². The van der Waals surface area contributed by atoms with E-state index in [9.17, 15) is 0 Å². The number of ether oxygens (including phenoxy) is 1. The molecule has 196 valence electrons. The van der Waals surface area contributed by atoms with Gasteiger partial charge in [-0.2, -0.15) is 0 Å². The minimum Gasteiger partial charge on any atom is -0.497 e. The van der Waals surface area contributed by atoms with Crippen molar-refractivity contribution < 1.29 is 4.74 Å². The number of rotatable bonds is 8. The maximum absolute atomic E-state index is 6.47. The van der Waals surface area contributed by atoms with Crippen molar-refractivity contribution >= 4 is 24.8 Å². The van der Waals surface area contributed by atoms with Crippen LogP contribution in [-0.2, 0) is 11.8 Å². The van der Waals surface area contributed by atoms with Gasteiger partial charge in [0, 0.05) is 12.6 Å². The number of halogens is 2. The normalized spacial score (nSPS) is 26.1. The number of aryl methyl sites for hydroxylation is 1. The third-order valence-corrected chi connectivity index (χ3v) is 8.87. The van der Waals surface area contributed by atoms with E-state index in [1.54, 1.807) is 18.2 Å². The minimum atomic E-state index is 0. The number of hydrogen-bond acceptors (Lipinski definition) is 3. The highest BCUT2D eigenvalue weighted by Gasteiger charge is 2.51. The summed E-state index contributed by atoms with van der Waals surface area (Å²) in [6.07, 6.45) is 7.46. The second-order valence-corrected chi connectivity index (χ2v) is 11.4. The lowest BCUT2D eigenvalue weighted by Crippen LogP contribution is -2.52. The lowest BCUT2D eigenvalue weighted by atomic mass is 9.49. The van der Waals surface area contributed by atoms with Gasteiger partial charge in [-0.05, 0) is 95.7 Å². The Labute approximate surface area is 225 Å². The molecule has 5 heteroatoms. The molecule has 0 radical (unpaired) electrons. The number of fused-ring (bicyclic) bond motifs is 3. The molecule has 2 aromatic carbocycles. The molecule has 3 N–H and O–H groups in total.